The fourth-order valence-electron chi connectivity index (χ4n) is 2.17. The highest BCUT2D eigenvalue weighted by atomic mass is 32.2. The number of aromatic nitrogens is 4. The van der Waals surface area contributed by atoms with E-state index in [1.807, 2.05) is 4.90 Å². The number of sulfonamides is 1. The quantitative estimate of drug-likeness (QED) is 0.847. The molecule has 3 heterocycles. The molecule has 0 unspecified atom stereocenters. The molecule has 0 saturated carbocycles. The molecule has 2 aromatic heterocycles. The van der Waals surface area contributed by atoms with Gasteiger partial charge >= 0.3 is 0 Å². The van der Waals surface area contributed by atoms with Crippen LogP contribution in [-0.4, -0.2) is 59.1 Å². The highest BCUT2D eigenvalue weighted by molar-refractivity contribution is 7.89. The van der Waals surface area contributed by atoms with E-state index >= 15 is 0 Å². The molecule has 2 aromatic rings. The third kappa shape index (κ3) is 2.72. The van der Waals surface area contributed by atoms with Crippen LogP contribution in [0.4, 0.5) is 10.3 Å². The molecule has 1 fully saturated rings. The van der Waals surface area contributed by atoms with Crippen LogP contribution >= 0.6 is 0 Å². The summed E-state index contributed by atoms with van der Waals surface area (Å²) < 4.78 is 39.3. The topological polar surface area (TPSA) is 95.1 Å². The zero-order valence-electron chi connectivity index (χ0n) is 11.0. The van der Waals surface area contributed by atoms with Crippen LogP contribution < -0.4 is 4.90 Å². The van der Waals surface area contributed by atoms with Gasteiger partial charge in [0.05, 0.1) is 6.20 Å². The van der Waals surface area contributed by atoms with Crippen LogP contribution in [0.2, 0.25) is 0 Å². The molecule has 1 saturated heterocycles. The Kier molecular flexibility index (Phi) is 3.55. The second kappa shape index (κ2) is 5.37. The van der Waals surface area contributed by atoms with Crippen LogP contribution in [0.15, 0.2) is 29.7 Å². The second-order valence-corrected chi connectivity index (χ2v) is 6.48. The average molecular weight is 312 g/mol. The summed E-state index contributed by atoms with van der Waals surface area (Å²) in [4.78, 5) is 9.39. The number of aromatic amines is 1. The van der Waals surface area contributed by atoms with E-state index in [0.717, 1.165) is 18.5 Å². The zero-order valence-corrected chi connectivity index (χ0v) is 11.8. The van der Waals surface area contributed by atoms with Gasteiger partial charge < -0.3 is 4.90 Å². The number of rotatable bonds is 3. The van der Waals surface area contributed by atoms with Crippen LogP contribution in [0.1, 0.15) is 0 Å². The van der Waals surface area contributed by atoms with Gasteiger partial charge in [0.15, 0.2) is 0 Å². The molecule has 0 aromatic carbocycles. The molecule has 0 aliphatic carbocycles. The van der Waals surface area contributed by atoms with Gasteiger partial charge in [-0.1, -0.05) is 0 Å². The molecule has 0 amide bonds. The van der Waals surface area contributed by atoms with Gasteiger partial charge in [0.25, 0.3) is 0 Å². The summed E-state index contributed by atoms with van der Waals surface area (Å²) in [6, 6.07) is 0.977. The summed E-state index contributed by atoms with van der Waals surface area (Å²) in [5.41, 5.74) is 0. The Bertz CT molecular complexity index is 712. The molecule has 1 aliphatic heterocycles. The lowest BCUT2D eigenvalue weighted by atomic mass is 10.4. The molecule has 1 aliphatic rings. The Morgan fingerprint density at radius 1 is 1.19 bits per heavy atom. The summed E-state index contributed by atoms with van der Waals surface area (Å²) in [5, 5.41) is 6.50. The maximum atomic E-state index is 13.1. The number of H-pyrrole nitrogens is 1. The van der Waals surface area contributed by atoms with Gasteiger partial charge in [0.2, 0.25) is 16.0 Å². The molecular weight excluding hydrogens is 299 g/mol. The summed E-state index contributed by atoms with van der Waals surface area (Å²) in [6.07, 6.45) is 3.53. The summed E-state index contributed by atoms with van der Waals surface area (Å²) >= 11 is 0. The summed E-state index contributed by atoms with van der Waals surface area (Å²) in [6.45, 7) is 1.55. The number of hydrogen-bond donors (Lipinski definition) is 1. The van der Waals surface area contributed by atoms with Crippen LogP contribution in [0, 0.1) is 5.82 Å². The van der Waals surface area contributed by atoms with Crippen molar-refractivity contribution in [1.82, 2.24) is 24.5 Å². The van der Waals surface area contributed by atoms with Crippen molar-refractivity contribution in [3.8, 4) is 0 Å². The Morgan fingerprint density at radius 2 is 1.95 bits per heavy atom. The molecule has 0 radical (unpaired) electrons. The van der Waals surface area contributed by atoms with Gasteiger partial charge in [0, 0.05) is 32.4 Å². The number of nitrogens with one attached hydrogen (secondary N) is 1. The smallest absolute Gasteiger partial charge is 0.244 e. The summed E-state index contributed by atoms with van der Waals surface area (Å²) in [5.74, 6) is -0.0594. The average Bonchev–Trinajstić information content (AvgIpc) is 3.02. The van der Waals surface area contributed by atoms with E-state index in [4.69, 9.17) is 0 Å². The number of anilines is 1. The van der Waals surface area contributed by atoms with Gasteiger partial charge in [-0.2, -0.15) is 14.4 Å². The fourth-order valence-corrected chi connectivity index (χ4v) is 3.57. The van der Waals surface area contributed by atoms with Crippen molar-refractivity contribution in [3.63, 3.8) is 0 Å². The monoisotopic (exact) mass is 312 g/mol. The largest absolute Gasteiger partial charge is 0.339 e. The molecule has 0 spiro atoms. The van der Waals surface area contributed by atoms with Gasteiger partial charge in [0.1, 0.15) is 17.0 Å². The molecule has 0 bridgehead atoms. The minimum atomic E-state index is -3.72. The van der Waals surface area contributed by atoms with Gasteiger partial charge in [-0.15, -0.1) is 0 Å². The Hall–Kier alpha value is -2.07. The lowest BCUT2D eigenvalue weighted by Gasteiger charge is -2.33. The first-order valence-corrected chi connectivity index (χ1v) is 7.72. The van der Waals surface area contributed by atoms with Crippen LogP contribution in [-0.2, 0) is 10.0 Å². The molecule has 112 valence electrons. The van der Waals surface area contributed by atoms with Crippen LogP contribution in [0.5, 0.6) is 0 Å². The van der Waals surface area contributed by atoms with Crippen LogP contribution in [0.3, 0.4) is 0 Å². The van der Waals surface area contributed by atoms with Crippen molar-refractivity contribution in [2.24, 2.45) is 0 Å². The molecule has 8 nitrogen and oxygen atoms in total. The maximum absolute atomic E-state index is 13.1. The number of halogens is 1. The third-order valence-corrected chi connectivity index (χ3v) is 5.12. The number of piperazine rings is 1. The van der Waals surface area contributed by atoms with Crippen molar-refractivity contribution < 1.29 is 12.8 Å². The Balaban J connectivity index is 1.74. The van der Waals surface area contributed by atoms with Gasteiger partial charge in [-0.3, -0.25) is 4.98 Å². The Morgan fingerprint density at radius 3 is 2.57 bits per heavy atom. The highest BCUT2D eigenvalue weighted by Crippen LogP contribution is 2.18. The molecular formula is C11H13FN6O2S. The van der Waals surface area contributed by atoms with E-state index in [-0.39, 0.29) is 4.90 Å². The van der Waals surface area contributed by atoms with Crippen LogP contribution in [0.25, 0.3) is 0 Å². The predicted octanol–water partition coefficient (Wildman–Crippen LogP) is -0.150. The van der Waals surface area contributed by atoms with Crippen molar-refractivity contribution in [1.29, 1.82) is 0 Å². The maximum Gasteiger partial charge on any atom is 0.244 e. The number of nitrogens with zero attached hydrogens (tertiary/aromatic N) is 5. The van der Waals surface area contributed by atoms with E-state index in [9.17, 15) is 12.8 Å². The van der Waals surface area contributed by atoms with E-state index in [1.165, 1.54) is 10.6 Å². The first-order valence-electron chi connectivity index (χ1n) is 6.28. The predicted molar refractivity (Wildman–Crippen MR) is 71.5 cm³/mol. The number of hydrogen-bond acceptors (Lipinski definition) is 6. The van der Waals surface area contributed by atoms with E-state index in [0.29, 0.717) is 32.1 Å². The van der Waals surface area contributed by atoms with E-state index in [2.05, 4.69) is 20.2 Å². The lowest BCUT2D eigenvalue weighted by molar-refractivity contribution is 0.382. The first kappa shape index (κ1) is 13.9. The van der Waals surface area contributed by atoms with Crippen molar-refractivity contribution in [2.45, 2.75) is 4.90 Å². The highest BCUT2D eigenvalue weighted by Gasteiger charge is 2.29. The molecule has 21 heavy (non-hydrogen) atoms. The van der Waals surface area contributed by atoms with E-state index < -0.39 is 15.8 Å². The Labute approximate surface area is 120 Å². The fraction of sp³-hybridized carbons (Fsp3) is 0.364. The molecule has 3 rings (SSSR count). The summed E-state index contributed by atoms with van der Waals surface area (Å²) in [7, 11) is -3.72. The molecule has 1 N–H and O–H groups in total. The SMILES string of the molecule is O=S(=O)(c1cncc(F)c1)N1CCN(c2ncn[nH]2)CC1. The molecule has 10 heteroatoms. The minimum absolute atomic E-state index is 0.129. The first-order chi connectivity index (χ1) is 10.1. The minimum Gasteiger partial charge on any atom is -0.339 e. The van der Waals surface area contributed by atoms with Gasteiger partial charge in [-0.25, -0.2) is 17.9 Å². The molecule has 0 atom stereocenters. The zero-order chi connectivity index (χ0) is 14.9. The van der Waals surface area contributed by atoms with Crippen molar-refractivity contribution >= 4 is 16.0 Å². The van der Waals surface area contributed by atoms with Crippen molar-refractivity contribution in [3.05, 3.63) is 30.6 Å². The van der Waals surface area contributed by atoms with Crippen molar-refractivity contribution in [2.75, 3.05) is 31.1 Å². The normalized spacial score (nSPS) is 17.1. The van der Waals surface area contributed by atoms with E-state index in [1.54, 1.807) is 0 Å². The third-order valence-electron chi connectivity index (χ3n) is 3.26. The van der Waals surface area contributed by atoms with Gasteiger partial charge in [-0.05, 0) is 6.07 Å². The second-order valence-electron chi connectivity index (χ2n) is 4.54. The standard InChI is InChI=1S/C11H13FN6O2S/c12-9-5-10(7-13-6-9)21(19,20)18-3-1-17(2-4-18)11-14-8-15-16-11/h5-8H,1-4H2,(H,14,15,16). The lowest BCUT2D eigenvalue weighted by Crippen LogP contribution is -2.49. The number of pyridine rings is 1.